The fourth-order valence-electron chi connectivity index (χ4n) is 2.92. The summed E-state index contributed by atoms with van der Waals surface area (Å²) >= 11 is 3.37. The predicted octanol–water partition coefficient (Wildman–Crippen LogP) is 4.54. The average Bonchev–Trinajstić information content (AvgIpc) is 2.98. The molecule has 0 unspecified atom stereocenters. The van der Waals surface area contributed by atoms with Crippen LogP contribution in [0.1, 0.15) is 36.8 Å². The van der Waals surface area contributed by atoms with Crippen LogP contribution in [0.4, 0.5) is 5.69 Å². The molecule has 6 heteroatoms. The summed E-state index contributed by atoms with van der Waals surface area (Å²) in [6.07, 6.45) is 4.70. The molecular formula is C22H13BrN2O3. The van der Waals surface area contributed by atoms with Gasteiger partial charge in [-0.2, -0.15) is 0 Å². The molecule has 1 aliphatic heterocycles. The number of nitrogens with zero attached hydrogens (tertiary/aromatic N) is 2. The number of pyridine rings is 1. The first kappa shape index (κ1) is 18.0. The summed E-state index contributed by atoms with van der Waals surface area (Å²) in [4.78, 5) is 42.4. The zero-order valence-corrected chi connectivity index (χ0v) is 16.1. The molecule has 0 aliphatic carbocycles. The molecule has 2 aromatic carbocycles. The third kappa shape index (κ3) is 3.30. The van der Waals surface area contributed by atoms with E-state index in [0.29, 0.717) is 11.3 Å². The second-order valence-corrected chi connectivity index (χ2v) is 7.06. The first-order chi connectivity index (χ1) is 13.5. The van der Waals surface area contributed by atoms with Gasteiger partial charge in [-0.3, -0.25) is 19.4 Å². The van der Waals surface area contributed by atoms with E-state index in [1.54, 1.807) is 42.5 Å². The number of fused-ring (bicyclic) bond motifs is 1. The third-order valence-electron chi connectivity index (χ3n) is 4.35. The summed E-state index contributed by atoms with van der Waals surface area (Å²) in [6.45, 7) is 0. The molecule has 0 atom stereocenters. The smallest absolute Gasteiger partial charge is 0.284 e. The lowest BCUT2D eigenvalue weighted by Crippen LogP contribution is -2.29. The predicted molar refractivity (Wildman–Crippen MR) is 109 cm³/mol. The zero-order valence-electron chi connectivity index (χ0n) is 14.5. The number of amides is 2. The Hall–Kier alpha value is -3.38. The van der Waals surface area contributed by atoms with Gasteiger partial charge in [0, 0.05) is 16.2 Å². The van der Waals surface area contributed by atoms with Crippen molar-refractivity contribution in [2.45, 2.75) is 0 Å². The van der Waals surface area contributed by atoms with E-state index in [1.165, 1.54) is 12.3 Å². The number of imide groups is 1. The van der Waals surface area contributed by atoms with Crippen molar-refractivity contribution in [1.82, 2.24) is 4.98 Å². The van der Waals surface area contributed by atoms with Gasteiger partial charge in [-0.25, -0.2) is 4.90 Å². The first-order valence-electron chi connectivity index (χ1n) is 8.46. The lowest BCUT2D eigenvalue weighted by Gasteiger charge is -2.13. The minimum Gasteiger partial charge on any atom is -0.289 e. The number of anilines is 1. The maximum Gasteiger partial charge on any atom is 0.284 e. The van der Waals surface area contributed by atoms with Gasteiger partial charge in [0.1, 0.15) is 5.69 Å². The van der Waals surface area contributed by atoms with E-state index in [9.17, 15) is 14.4 Å². The van der Waals surface area contributed by atoms with Crippen LogP contribution in [0.3, 0.4) is 0 Å². The lowest BCUT2D eigenvalue weighted by molar-refractivity contribution is 0.0924. The van der Waals surface area contributed by atoms with Crippen molar-refractivity contribution in [2.24, 2.45) is 0 Å². The van der Waals surface area contributed by atoms with Crippen LogP contribution in [0.15, 0.2) is 77.4 Å². The molecule has 1 aromatic heterocycles. The molecule has 5 nitrogen and oxygen atoms in total. The van der Waals surface area contributed by atoms with E-state index in [1.807, 2.05) is 24.3 Å². The fraction of sp³-hybridized carbons (Fsp3) is 0. The van der Waals surface area contributed by atoms with Gasteiger partial charge in [0.15, 0.2) is 5.78 Å². The van der Waals surface area contributed by atoms with Crippen LogP contribution in [0, 0.1) is 0 Å². The van der Waals surface area contributed by atoms with E-state index in [2.05, 4.69) is 20.9 Å². The van der Waals surface area contributed by atoms with E-state index in [0.717, 1.165) is 14.9 Å². The second-order valence-electron chi connectivity index (χ2n) is 6.14. The van der Waals surface area contributed by atoms with Gasteiger partial charge in [0.05, 0.1) is 11.3 Å². The normalized spacial score (nSPS) is 13.2. The number of rotatable bonds is 4. The van der Waals surface area contributed by atoms with Crippen molar-refractivity contribution in [2.75, 3.05) is 4.90 Å². The minimum atomic E-state index is -0.463. The highest BCUT2D eigenvalue weighted by atomic mass is 79.9. The summed E-state index contributed by atoms with van der Waals surface area (Å²) in [7, 11) is 0. The van der Waals surface area contributed by atoms with Gasteiger partial charge in [-0.05, 0) is 60.2 Å². The quantitative estimate of drug-likeness (QED) is 0.344. The Labute approximate surface area is 169 Å². The standard InChI is InChI=1S/C22H13BrN2O3/c23-16-8-3-14(4-9-16)5-12-19(26)15-6-10-17(11-7-15)25-21(27)18-2-1-13-24-20(18)22(25)28/h1-13H/b12-5+. The van der Waals surface area contributed by atoms with Gasteiger partial charge in [-0.1, -0.05) is 34.1 Å². The Morgan fingerprint density at radius 2 is 1.64 bits per heavy atom. The van der Waals surface area contributed by atoms with Crippen molar-refractivity contribution in [3.63, 3.8) is 0 Å². The minimum absolute atomic E-state index is 0.144. The molecule has 28 heavy (non-hydrogen) atoms. The Morgan fingerprint density at radius 1 is 0.929 bits per heavy atom. The third-order valence-corrected chi connectivity index (χ3v) is 4.88. The van der Waals surface area contributed by atoms with E-state index in [4.69, 9.17) is 0 Å². The number of hydrogen-bond donors (Lipinski definition) is 0. The molecule has 0 spiro atoms. The van der Waals surface area contributed by atoms with Gasteiger partial charge in [0.2, 0.25) is 0 Å². The maximum atomic E-state index is 12.5. The molecule has 3 aromatic rings. The molecule has 1 aliphatic rings. The van der Waals surface area contributed by atoms with Gasteiger partial charge in [-0.15, -0.1) is 0 Å². The van der Waals surface area contributed by atoms with Gasteiger partial charge in [0.25, 0.3) is 11.8 Å². The monoisotopic (exact) mass is 432 g/mol. The van der Waals surface area contributed by atoms with Gasteiger partial charge >= 0.3 is 0 Å². The number of carbonyl (C=O) groups is 3. The first-order valence-corrected chi connectivity index (χ1v) is 9.26. The number of benzene rings is 2. The molecule has 2 heterocycles. The molecule has 0 saturated heterocycles. The number of hydrogen-bond acceptors (Lipinski definition) is 4. The summed E-state index contributed by atoms with van der Waals surface area (Å²) in [6, 6.07) is 17.2. The highest BCUT2D eigenvalue weighted by molar-refractivity contribution is 9.10. The number of allylic oxidation sites excluding steroid dienone is 1. The molecule has 136 valence electrons. The Morgan fingerprint density at radius 3 is 2.32 bits per heavy atom. The maximum absolute atomic E-state index is 12.5. The van der Waals surface area contributed by atoms with Crippen LogP contribution >= 0.6 is 15.9 Å². The molecule has 0 saturated carbocycles. The van der Waals surface area contributed by atoms with Gasteiger partial charge < -0.3 is 0 Å². The highest BCUT2D eigenvalue weighted by Crippen LogP contribution is 2.27. The van der Waals surface area contributed by atoms with Crippen molar-refractivity contribution in [1.29, 1.82) is 0 Å². The van der Waals surface area contributed by atoms with Crippen molar-refractivity contribution in [3.8, 4) is 0 Å². The highest BCUT2D eigenvalue weighted by Gasteiger charge is 2.37. The molecular weight excluding hydrogens is 420 g/mol. The van der Waals surface area contributed by atoms with E-state index in [-0.39, 0.29) is 17.0 Å². The Bertz CT molecular complexity index is 1080. The largest absolute Gasteiger partial charge is 0.289 e. The molecule has 0 N–H and O–H groups in total. The second kappa shape index (κ2) is 7.32. The summed E-state index contributed by atoms with van der Waals surface area (Å²) in [5, 5.41) is 0. The van der Waals surface area contributed by atoms with E-state index < -0.39 is 11.8 Å². The van der Waals surface area contributed by atoms with Crippen LogP contribution < -0.4 is 4.90 Å². The van der Waals surface area contributed by atoms with Crippen molar-refractivity contribution < 1.29 is 14.4 Å². The lowest BCUT2D eigenvalue weighted by atomic mass is 10.1. The molecule has 2 amide bonds. The zero-order chi connectivity index (χ0) is 19.7. The number of ketones is 1. The molecule has 0 fully saturated rings. The van der Waals surface area contributed by atoms with Crippen LogP contribution in [0.5, 0.6) is 0 Å². The summed E-state index contributed by atoms with van der Waals surface area (Å²) in [5.74, 6) is -1.05. The summed E-state index contributed by atoms with van der Waals surface area (Å²) in [5.41, 5.74) is 2.20. The molecule has 4 rings (SSSR count). The van der Waals surface area contributed by atoms with Crippen LogP contribution in [0.25, 0.3) is 6.08 Å². The summed E-state index contributed by atoms with van der Waals surface area (Å²) < 4.78 is 0.968. The van der Waals surface area contributed by atoms with Crippen molar-refractivity contribution in [3.05, 3.63) is 99.8 Å². The average molecular weight is 433 g/mol. The number of aromatic nitrogens is 1. The van der Waals surface area contributed by atoms with Crippen LogP contribution in [0.2, 0.25) is 0 Å². The Kier molecular flexibility index (Phi) is 4.71. The van der Waals surface area contributed by atoms with Crippen LogP contribution in [-0.4, -0.2) is 22.6 Å². The molecule has 0 bridgehead atoms. The number of halogens is 1. The van der Waals surface area contributed by atoms with Crippen LogP contribution in [-0.2, 0) is 0 Å². The van der Waals surface area contributed by atoms with E-state index >= 15 is 0 Å². The Balaban J connectivity index is 1.53. The number of carbonyl (C=O) groups excluding carboxylic acids is 3. The fourth-order valence-corrected chi connectivity index (χ4v) is 3.18. The molecule has 0 radical (unpaired) electrons. The topological polar surface area (TPSA) is 67.3 Å². The SMILES string of the molecule is O=C(/C=C/c1ccc(Br)cc1)c1ccc(N2C(=O)c3cccnc3C2=O)cc1. The van der Waals surface area contributed by atoms with Crippen molar-refractivity contribution >= 4 is 45.3 Å².